The molecule has 0 aliphatic rings. The van der Waals surface area contributed by atoms with Crippen LogP contribution in [0.5, 0.6) is 0 Å². The van der Waals surface area contributed by atoms with E-state index < -0.39 is 11.9 Å². The second kappa shape index (κ2) is 7.43. The van der Waals surface area contributed by atoms with E-state index in [-0.39, 0.29) is 0 Å². The monoisotopic (exact) mass is 592 g/mol. The highest BCUT2D eigenvalue weighted by Crippen LogP contribution is 2.49. The maximum atomic E-state index is 14.9. The number of thiazole rings is 2. The van der Waals surface area contributed by atoms with Crippen molar-refractivity contribution in [3.63, 3.8) is 0 Å². The van der Waals surface area contributed by atoms with Crippen molar-refractivity contribution in [3.05, 3.63) is 46.9 Å². The van der Waals surface area contributed by atoms with Gasteiger partial charge in [-0.05, 0) is 35.0 Å². The summed E-state index contributed by atoms with van der Waals surface area (Å²) in [6.07, 6.45) is 0. The lowest BCUT2D eigenvalue weighted by Gasteiger charge is -1.89. The highest BCUT2D eigenvalue weighted by molar-refractivity contribution is 7.40. The number of hydrogen-bond acceptors (Lipinski definition) is 10. The average molecular weight is 593 g/mol. The summed E-state index contributed by atoms with van der Waals surface area (Å²) >= 11 is 12.5. The molecule has 8 aromatic rings. The third-order valence-electron chi connectivity index (χ3n) is 5.31. The molecule has 0 aromatic carbocycles. The van der Waals surface area contributed by atoms with Gasteiger partial charge < -0.3 is 0 Å². The van der Waals surface area contributed by atoms with Crippen LogP contribution < -0.4 is 0 Å². The van der Waals surface area contributed by atoms with E-state index in [1.165, 1.54) is 50.9 Å². The van der Waals surface area contributed by atoms with E-state index in [9.17, 15) is 8.78 Å². The summed E-state index contributed by atoms with van der Waals surface area (Å²) in [5.74, 6) is -1.05. The van der Waals surface area contributed by atoms with E-state index in [0.29, 0.717) is 19.8 Å². The first-order valence-corrected chi connectivity index (χ1v) is 16.4. The fourth-order valence-corrected chi connectivity index (χ4v) is 13.5. The highest BCUT2D eigenvalue weighted by Gasteiger charge is 2.23. The van der Waals surface area contributed by atoms with E-state index in [1.54, 1.807) is 68.0 Å². The maximum Gasteiger partial charge on any atom is 0.233 e. The van der Waals surface area contributed by atoms with E-state index in [2.05, 4.69) is 32.9 Å². The number of rotatable bonds is 3. The molecule has 2 nitrogen and oxygen atoms in total. The Balaban J connectivity index is 1.20. The second-order valence-corrected chi connectivity index (χ2v) is 15.4. The standard InChI is InChI=1S/C22H6F2N2S8/c23-19-17(11-5-9-15(31-11)13-7(29-9)1-3-27-13)33-21(25-19)22-26-20(24)18(34-22)12-6-10-16(32-12)14-8(30-10)2-4-28-14/h1-6H. The smallest absolute Gasteiger partial charge is 0.205 e. The van der Waals surface area contributed by atoms with Gasteiger partial charge in [-0.3, -0.25) is 0 Å². The molecule has 0 aliphatic heterocycles. The van der Waals surface area contributed by atoms with Gasteiger partial charge in [0.1, 0.15) is 9.75 Å². The Morgan fingerprint density at radius 2 is 1.00 bits per heavy atom. The van der Waals surface area contributed by atoms with Crippen molar-refractivity contribution in [1.29, 1.82) is 0 Å². The lowest BCUT2D eigenvalue weighted by molar-refractivity contribution is 0.592. The van der Waals surface area contributed by atoms with E-state index in [0.717, 1.165) is 19.2 Å². The zero-order valence-corrected chi connectivity index (χ0v) is 22.9. The molecule has 0 unspecified atom stereocenters. The molecule has 0 aliphatic carbocycles. The van der Waals surface area contributed by atoms with Gasteiger partial charge in [0, 0.05) is 18.8 Å². The third kappa shape index (κ3) is 2.94. The van der Waals surface area contributed by atoms with Crippen LogP contribution in [0.1, 0.15) is 0 Å². The molecule has 12 heteroatoms. The normalized spacial score (nSPS) is 12.4. The molecule has 8 aromatic heterocycles. The van der Waals surface area contributed by atoms with Crippen molar-refractivity contribution in [3.8, 4) is 29.5 Å². The van der Waals surface area contributed by atoms with Gasteiger partial charge in [0.25, 0.3) is 0 Å². The molecule has 0 saturated heterocycles. The zero-order chi connectivity index (χ0) is 22.6. The lowest BCUT2D eigenvalue weighted by Crippen LogP contribution is -1.78. The van der Waals surface area contributed by atoms with Crippen molar-refractivity contribution in [2.24, 2.45) is 0 Å². The fourth-order valence-electron chi connectivity index (χ4n) is 3.85. The second-order valence-electron chi connectivity index (χ2n) is 7.32. The number of fused-ring (bicyclic) bond motifs is 6. The molecule has 8 rings (SSSR count). The van der Waals surface area contributed by atoms with Gasteiger partial charge in [-0.1, -0.05) is 0 Å². The molecule has 0 spiro atoms. The van der Waals surface area contributed by atoms with Crippen LogP contribution in [0.2, 0.25) is 0 Å². The molecule has 166 valence electrons. The Labute approximate surface area is 221 Å². The SMILES string of the molecule is Fc1nc(-c2nc(F)c(-c3cc4sc5ccsc5c4s3)s2)sc1-c1cc2sc3ccsc3c2s1. The Hall–Kier alpha value is -1.64. The molecule has 0 fully saturated rings. The van der Waals surface area contributed by atoms with Crippen LogP contribution in [-0.2, 0) is 0 Å². The Morgan fingerprint density at radius 1 is 0.529 bits per heavy atom. The summed E-state index contributed by atoms with van der Waals surface area (Å²) in [4.78, 5) is 10.9. The summed E-state index contributed by atoms with van der Waals surface area (Å²) in [6.45, 7) is 0. The summed E-state index contributed by atoms with van der Waals surface area (Å²) < 4.78 is 39.6. The number of thiophene rings is 6. The van der Waals surface area contributed by atoms with Crippen LogP contribution in [0.4, 0.5) is 8.78 Å². The minimum absolute atomic E-state index is 0.416. The van der Waals surface area contributed by atoms with Crippen LogP contribution in [0.15, 0.2) is 35.0 Å². The molecule has 0 radical (unpaired) electrons. The molecule has 0 N–H and O–H groups in total. The summed E-state index contributed by atoms with van der Waals surface area (Å²) in [7, 11) is 0. The van der Waals surface area contributed by atoms with Crippen molar-refractivity contribution in [2.45, 2.75) is 0 Å². The molecule has 0 atom stereocenters. The van der Waals surface area contributed by atoms with Crippen LogP contribution in [-0.4, -0.2) is 9.97 Å². The zero-order valence-electron chi connectivity index (χ0n) is 16.4. The Morgan fingerprint density at radius 3 is 1.47 bits per heavy atom. The molecular weight excluding hydrogens is 587 g/mol. The lowest BCUT2D eigenvalue weighted by atomic mass is 10.4. The summed E-state index contributed by atoms with van der Waals surface area (Å²) in [6, 6.07) is 8.32. The minimum Gasteiger partial charge on any atom is -0.205 e. The summed E-state index contributed by atoms with van der Waals surface area (Å²) in [5, 5.41) is 5.00. The van der Waals surface area contributed by atoms with Gasteiger partial charge >= 0.3 is 0 Å². The highest BCUT2D eigenvalue weighted by atomic mass is 32.1. The molecule has 8 heterocycles. The van der Waals surface area contributed by atoms with Crippen molar-refractivity contribution in [1.82, 2.24) is 9.97 Å². The third-order valence-corrected chi connectivity index (χ3v) is 15.0. The van der Waals surface area contributed by atoms with Crippen LogP contribution in [0.25, 0.3) is 67.1 Å². The van der Waals surface area contributed by atoms with Crippen molar-refractivity contribution < 1.29 is 8.78 Å². The predicted molar refractivity (Wildman–Crippen MR) is 151 cm³/mol. The fraction of sp³-hybridized carbons (Fsp3) is 0. The Kier molecular flexibility index (Phi) is 4.49. The van der Waals surface area contributed by atoms with Gasteiger partial charge in [-0.15, -0.1) is 90.7 Å². The van der Waals surface area contributed by atoms with Gasteiger partial charge in [-0.2, -0.15) is 8.78 Å². The van der Waals surface area contributed by atoms with Gasteiger partial charge in [0.15, 0.2) is 10.0 Å². The van der Waals surface area contributed by atoms with Gasteiger partial charge in [-0.25, -0.2) is 9.97 Å². The first-order chi connectivity index (χ1) is 16.6. The first kappa shape index (κ1) is 20.5. The van der Waals surface area contributed by atoms with E-state index in [1.807, 2.05) is 12.1 Å². The minimum atomic E-state index is -0.523. The van der Waals surface area contributed by atoms with Crippen LogP contribution in [0, 0.1) is 11.9 Å². The van der Waals surface area contributed by atoms with E-state index >= 15 is 0 Å². The topological polar surface area (TPSA) is 25.8 Å². The molecule has 34 heavy (non-hydrogen) atoms. The van der Waals surface area contributed by atoms with Crippen LogP contribution in [0.3, 0.4) is 0 Å². The largest absolute Gasteiger partial charge is 0.233 e. The quantitative estimate of drug-likeness (QED) is 0.204. The van der Waals surface area contributed by atoms with Gasteiger partial charge in [0.05, 0.1) is 28.6 Å². The molecule has 0 bridgehead atoms. The molecule has 0 amide bonds. The maximum absolute atomic E-state index is 14.9. The van der Waals surface area contributed by atoms with E-state index in [4.69, 9.17) is 0 Å². The molecule has 0 saturated carbocycles. The number of aromatic nitrogens is 2. The molecular formula is C22H6F2N2S8. The predicted octanol–water partition coefficient (Wildman–Crippen LogP) is 10.9. The van der Waals surface area contributed by atoms with Crippen molar-refractivity contribution >= 4 is 128 Å². The average Bonchev–Trinajstić information content (AvgIpc) is 3.60. The van der Waals surface area contributed by atoms with Gasteiger partial charge in [0.2, 0.25) is 11.9 Å². The van der Waals surface area contributed by atoms with Crippen LogP contribution >= 0.6 is 90.7 Å². The summed E-state index contributed by atoms with van der Waals surface area (Å²) in [5.41, 5.74) is 0. The Bertz CT molecular complexity index is 1870. The number of hydrogen-bond donors (Lipinski definition) is 0. The number of nitrogens with zero attached hydrogens (tertiary/aromatic N) is 2. The first-order valence-electron chi connectivity index (χ1n) is 9.75. The van der Waals surface area contributed by atoms with Crippen molar-refractivity contribution in [2.75, 3.05) is 0 Å². The number of halogens is 2.